The first-order valence-corrected chi connectivity index (χ1v) is 9.17. The molecule has 0 spiro atoms. The molecular formula is C17H16F2N2O5S. The lowest BCUT2D eigenvalue weighted by molar-refractivity contribution is -0.124. The summed E-state index contributed by atoms with van der Waals surface area (Å²) in [7, 11) is -3.81. The molecule has 2 aromatic carbocycles. The van der Waals surface area contributed by atoms with Crippen LogP contribution in [0.1, 0.15) is 28.9 Å². The molecule has 0 fully saturated rings. The second kappa shape index (κ2) is 8.23. The molecule has 1 atom stereocenters. The highest BCUT2D eigenvalue weighted by Crippen LogP contribution is 2.15. The van der Waals surface area contributed by atoms with E-state index in [2.05, 4.69) is 5.32 Å². The predicted octanol–water partition coefficient (Wildman–Crippen LogP) is 1.65. The Labute approximate surface area is 154 Å². The molecule has 0 aliphatic heterocycles. The van der Waals surface area contributed by atoms with Crippen molar-refractivity contribution >= 4 is 21.9 Å². The SMILES string of the molecule is C[C@@H](NC(=O)COC(=O)c1ccc(F)c(F)c1)c1ccc(S(N)(=O)=O)cc1. The molecule has 3 N–H and O–H groups in total. The van der Waals surface area contributed by atoms with Crippen LogP contribution in [0.25, 0.3) is 0 Å². The molecule has 27 heavy (non-hydrogen) atoms. The molecule has 0 unspecified atom stereocenters. The second-order valence-corrected chi connectivity index (χ2v) is 7.17. The maximum atomic E-state index is 13.1. The van der Waals surface area contributed by atoms with E-state index in [1.165, 1.54) is 24.3 Å². The minimum absolute atomic E-state index is 0.0646. The zero-order valence-corrected chi connectivity index (χ0v) is 14.9. The van der Waals surface area contributed by atoms with Crippen molar-refractivity contribution in [2.24, 2.45) is 5.14 Å². The van der Waals surface area contributed by atoms with Crippen molar-refractivity contribution in [3.05, 3.63) is 65.2 Å². The predicted molar refractivity (Wildman–Crippen MR) is 91.0 cm³/mol. The second-order valence-electron chi connectivity index (χ2n) is 5.61. The molecule has 0 bridgehead atoms. The van der Waals surface area contributed by atoms with Crippen LogP contribution in [0.5, 0.6) is 0 Å². The van der Waals surface area contributed by atoms with Gasteiger partial charge in [0.1, 0.15) is 0 Å². The Kier molecular flexibility index (Phi) is 6.24. The lowest BCUT2D eigenvalue weighted by Crippen LogP contribution is -2.31. The number of amides is 1. The van der Waals surface area contributed by atoms with E-state index >= 15 is 0 Å². The van der Waals surface area contributed by atoms with Gasteiger partial charge in [0.25, 0.3) is 5.91 Å². The fourth-order valence-electron chi connectivity index (χ4n) is 2.15. The number of hydrogen-bond donors (Lipinski definition) is 2. The fraction of sp³-hybridized carbons (Fsp3) is 0.176. The molecule has 0 aromatic heterocycles. The Balaban J connectivity index is 1.91. The number of esters is 1. The summed E-state index contributed by atoms with van der Waals surface area (Å²) < 4.78 is 53.1. The number of hydrogen-bond acceptors (Lipinski definition) is 5. The van der Waals surface area contributed by atoms with Crippen LogP contribution in [0.3, 0.4) is 0 Å². The highest BCUT2D eigenvalue weighted by molar-refractivity contribution is 7.89. The summed E-state index contributed by atoms with van der Waals surface area (Å²) in [6.07, 6.45) is 0. The molecule has 10 heteroatoms. The average molecular weight is 398 g/mol. The van der Waals surface area contributed by atoms with Crippen LogP contribution in [0.15, 0.2) is 47.4 Å². The first-order chi connectivity index (χ1) is 12.6. The van der Waals surface area contributed by atoms with Crippen LogP contribution in [0.2, 0.25) is 0 Å². The summed E-state index contributed by atoms with van der Waals surface area (Å²) in [6.45, 7) is 1.01. The van der Waals surface area contributed by atoms with Crippen molar-refractivity contribution in [3.8, 4) is 0 Å². The zero-order chi connectivity index (χ0) is 20.2. The Morgan fingerprint density at radius 2 is 1.74 bits per heavy atom. The van der Waals surface area contributed by atoms with Gasteiger partial charge in [0, 0.05) is 0 Å². The molecule has 1 amide bonds. The van der Waals surface area contributed by atoms with Gasteiger partial charge in [0.15, 0.2) is 18.2 Å². The van der Waals surface area contributed by atoms with Crippen LogP contribution in [0, 0.1) is 11.6 Å². The maximum absolute atomic E-state index is 13.1. The van der Waals surface area contributed by atoms with E-state index in [4.69, 9.17) is 9.88 Å². The molecular weight excluding hydrogens is 382 g/mol. The van der Waals surface area contributed by atoms with Gasteiger partial charge in [-0.3, -0.25) is 4.79 Å². The number of sulfonamides is 1. The molecule has 144 valence electrons. The van der Waals surface area contributed by atoms with E-state index in [0.717, 1.165) is 12.1 Å². The number of rotatable bonds is 6. The van der Waals surface area contributed by atoms with Gasteiger partial charge in [0.05, 0.1) is 16.5 Å². The Morgan fingerprint density at radius 3 is 2.30 bits per heavy atom. The van der Waals surface area contributed by atoms with Crippen molar-refractivity contribution in [2.75, 3.05) is 6.61 Å². The van der Waals surface area contributed by atoms with Gasteiger partial charge in [-0.2, -0.15) is 0 Å². The molecule has 2 aromatic rings. The summed E-state index contributed by atoms with van der Waals surface area (Å²) in [5.41, 5.74) is 0.371. The van der Waals surface area contributed by atoms with Crippen molar-refractivity contribution in [2.45, 2.75) is 17.9 Å². The summed E-state index contributed by atoms with van der Waals surface area (Å²) >= 11 is 0. The number of ether oxygens (including phenoxy) is 1. The lowest BCUT2D eigenvalue weighted by Gasteiger charge is -2.15. The van der Waals surface area contributed by atoms with Gasteiger partial charge in [-0.05, 0) is 42.8 Å². The summed E-state index contributed by atoms with van der Waals surface area (Å²) in [5, 5.41) is 7.56. The quantitative estimate of drug-likeness (QED) is 0.718. The number of carbonyl (C=O) groups is 2. The van der Waals surface area contributed by atoms with Gasteiger partial charge in [-0.1, -0.05) is 12.1 Å². The Bertz CT molecular complexity index is 962. The van der Waals surface area contributed by atoms with E-state index in [0.29, 0.717) is 11.6 Å². The molecule has 0 heterocycles. The third kappa shape index (κ3) is 5.56. The van der Waals surface area contributed by atoms with Gasteiger partial charge < -0.3 is 10.1 Å². The Hall–Kier alpha value is -2.85. The lowest BCUT2D eigenvalue weighted by atomic mass is 10.1. The highest BCUT2D eigenvalue weighted by atomic mass is 32.2. The summed E-state index contributed by atoms with van der Waals surface area (Å²) in [5.74, 6) is -3.92. The van der Waals surface area contributed by atoms with E-state index in [-0.39, 0.29) is 10.5 Å². The smallest absolute Gasteiger partial charge is 0.338 e. The summed E-state index contributed by atoms with van der Waals surface area (Å²) in [6, 6.07) is 7.55. The summed E-state index contributed by atoms with van der Waals surface area (Å²) in [4.78, 5) is 23.5. The van der Waals surface area contributed by atoms with Gasteiger partial charge in [-0.25, -0.2) is 27.1 Å². The van der Waals surface area contributed by atoms with E-state index in [1.807, 2.05) is 0 Å². The largest absolute Gasteiger partial charge is 0.452 e. The third-order valence-electron chi connectivity index (χ3n) is 3.58. The van der Waals surface area contributed by atoms with Gasteiger partial charge in [-0.15, -0.1) is 0 Å². The number of nitrogens with two attached hydrogens (primary N) is 1. The van der Waals surface area contributed by atoms with E-state index < -0.39 is 46.2 Å². The highest BCUT2D eigenvalue weighted by Gasteiger charge is 2.15. The zero-order valence-electron chi connectivity index (χ0n) is 14.1. The molecule has 7 nitrogen and oxygen atoms in total. The van der Waals surface area contributed by atoms with Crippen LogP contribution in [0.4, 0.5) is 8.78 Å². The minimum Gasteiger partial charge on any atom is -0.452 e. The maximum Gasteiger partial charge on any atom is 0.338 e. The molecule has 2 rings (SSSR count). The molecule has 0 aliphatic rings. The third-order valence-corrected chi connectivity index (χ3v) is 4.51. The number of benzene rings is 2. The van der Waals surface area contributed by atoms with Gasteiger partial charge in [0.2, 0.25) is 10.0 Å². The van der Waals surface area contributed by atoms with Crippen LogP contribution in [-0.4, -0.2) is 26.9 Å². The first kappa shape index (κ1) is 20.5. The Morgan fingerprint density at radius 1 is 1.11 bits per heavy atom. The van der Waals surface area contributed by atoms with Crippen LogP contribution >= 0.6 is 0 Å². The first-order valence-electron chi connectivity index (χ1n) is 7.62. The number of halogens is 2. The van der Waals surface area contributed by atoms with Crippen molar-refractivity contribution in [1.29, 1.82) is 0 Å². The molecule has 0 saturated heterocycles. The van der Waals surface area contributed by atoms with Gasteiger partial charge >= 0.3 is 5.97 Å². The minimum atomic E-state index is -3.81. The number of nitrogens with one attached hydrogen (secondary N) is 1. The number of primary sulfonamides is 1. The molecule has 0 aliphatic carbocycles. The molecule has 0 radical (unpaired) electrons. The average Bonchev–Trinajstić information content (AvgIpc) is 2.61. The van der Waals surface area contributed by atoms with Crippen molar-refractivity contribution in [1.82, 2.24) is 5.32 Å². The normalized spacial score (nSPS) is 12.3. The van der Waals surface area contributed by atoms with E-state index in [9.17, 15) is 26.8 Å². The van der Waals surface area contributed by atoms with Crippen LogP contribution < -0.4 is 10.5 Å². The molecule has 0 saturated carbocycles. The topological polar surface area (TPSA) is 116 Å². The van der Waals surface area contributed by atoms with Crippen molar-refractivity contribution in [3.63, 3.8) is 0 Å². The van der Waals surface area contributed by atoms with Crippen molar-refractivity contribution < 1.29 is 31.5 Å². The monoisotopic (exact) mass is 398 g/mol. The van der Waals surface area contributed by atoms with Crippen LogP contribution in [-0.2, 0) is 19.6 Å². The fourth-order valence-corrected chi connectivity index (χ4v) is 2.67. The number of carbonyl (C=O) groups excluding carboxylic acids is 2. The van der Waals surface area contributed by atoms with E-state index in [1.54, 1.807) is 6.92 Å². The standard InChI is InChI=1S/C17H16F2N2O5S/c1-10(11-2-5-13(6-3-11)27(20,24)25)21-16(22)9-26-17(23)12-4-7-14(18)15(19)8-12/h2-8,10H,9H2,1H3,(H,21,22)(H2,20,24,25)/t10-/m1/s1.